The van der Waals surface area contributed by atoms with Gasteiger partial charge in [0.25, 0.3) is 0 Å². The fraction of sp³-hybridized carbons (Fsp3) is 0.571. The summed E-state index contributed by atoms with van der Waals surface area (Å²) in [6.07, 6.45) is 1.01. The number of para-hydroxylation sites is 1. The molecule has 0 atom stereocenters. The van der Waals surface area contributed by atoms with Crippen LogP contribution in [0.1, 0.15) is 46.6 Å². The molecule has 0 aliphatic rings. The number of hydrogen-bond acceptors (Lipinski definition) is 0. The normalized spacial score (nSPS) is 12.9. The number of hydrogen-bond donors (Lipinski definition) is 0. The minimum atomic E-state index is -0.0450. The molecule has 0 bridgehead atoms. The first-order valence-electron chi connectivity index (χ1n) is 5.49. The van der Waals surface area contributed by atoms with Crippen molar-refractivity contribution in [2.24, 2.45) is 5.41 Å². The maximum Gasteiger partial charge on any atom is 0.182 e. The van der Waals surface area contributed by atoms with Crippen LogP contribution < -0.4 is 0 Å². The van der Waals surface area contributed by atoms with Crippen LogP contribution in [0.2, 0.25) is 0 Å². The molecule has 0 heterocycles. The molecule has 0 fully saturated rings. The van der Waals surface area contributed by atoms with Gasteiger partial charge < -0.3 is 0 Å². The van der Waals surface area contributed by atoms with Crippen LogP contribution in [0.25, 0.3) is 0 Å². The fourth-order valence-electron chi connectivity index (χ4n) is 2.45. The molecule has 15 heavy (non-hydrogen) atoms. The standard InChI is InChI=1S/C14H21O/c1-13(2,3)10-14(4,5)11-8-6-7-9-12(11)15/h6-9H,10H2,1-5H3. The SMILES string of the molecule is CC(C)(C)CC(C)(C)c1ccccc1[O]. The molecule has 0 unspecified atom stereocenters. The summed E-state index contributed by atoms with van der Waals surface area (Å²) in [5.74, 6) is 0.159. The van der Waals surface area contributed by atoms with Gasteiger partial charge in [0.1, 0.15) is 0 Å². The van der Waals surface area contributed by atoms with Gasteiger partial charge in [-0.15, -0.1) is 0 Å². The molecular formula is C14H21O. The lowest BCUT2D eigenvalue weighted by Gasteiger charge is -2.32. The summed E-state index contributed by atoms with van der Waals surface area (Å²) in [5.41, 5.74) is 1.13. The lowest BCUT2D eigenvalue weighted by Crippen LogP contribution is -2.24. The fourth-order valence-corrected chi connectivity index (χ4v) is 2.45. The van der Waals surface area contributed by atoms with Crippen LogP contribution in [-0.2, 0) is 10.5 Å². The van der Waals surface area contributed by atoms with Crippen LogP contribution in [0, 0.1) is 5.41 Å². The molecular weight excluding hydrogens is 184 g/mol. The van der Waals surface area contributed by atoms with Crippen LogP contribution in [-0.4, -0.2) is 0 Å². The largest absolute Gasteiger partial charge is 0.290 e. The first kappa shape index (κ1) is 12.1. The molecule has 0 aliphatic heterocycles. The third kappa shape index (κ3) is 3.26. The molecule has 0 aromatic heterocycles. The van der Waals surface area contributed by atoms with Gasteiger partial charge in [-0.25, -0.2) is 0 Å². The van der Waals surface area contributed by atoms with Crippen molar-refractivity contribution < 1.29 is 5.11 Å². The van der Waals surface area contributed by atoms with E-state index in [4.69, 9.17) is 0 Å². The Bertz CT molecular complexity index is 331. The van der Waals surface area contributed by atoms with Gasteiger partial charge in [-0.2, -0.15) is 0 Å². The van der Waals surface area contributed by atoms with E-state index < -0.39 is 0 Å². The average Bonchev–Trinajstić information content (AvgIpc) is 1.99. The molecule has 0 saturated heterocycles. The molecule has 0 saturated carbocycles. The van der Waals surface area contributed by atoms with Crippen molar-refractivity contribution in [3.05, 3.63) is 29.8 Å². The molecule has 0 spiro atoms. The van der Waals surface area contributed by atoms with Crippen LogP contribution in [0.5, 0.6) is 5.75 Å². The smallest absolute Gasteiger partial charge is 0.182 e. The van der Waals surface area contributed by atoms with Crippen molar-refractivity contribution in [2.75, 3.05) is 0 Å². The second-order valence-corrected chi connectivity index (χ2v) is 6.12. The van der Waals surface area contributed by atoms with Crippen LogP contribution in [0.3, 0.4) is 0 Å². The molecule has 1 aromatic carbocycles. The first-order valence-corrected chi connectivity index (χ1v) is 5.49. The molecule has 1 rings (SSSR count). The van der Waals surface area contributed by atoms with Gasteiger partial charge in [0, 0.05) is 5.56 Å². The Kier molecular flexibility index (Phi) is 3.13. The predicted molar refractivity (Wildman–Crippen MR) is 63.7 cm³/mol. The van der Waals surface area contributed by atoms with E-state index >= 15 is 0 Å². The van der Waals surface area contributed by atoms with Crippen molar-refractivity contribution >= 4 is 0 Å². The quantitative estimate of drug-likeness (QED) is 0.675. The molecule has 1 heteroatoms. The summed E-state index contributed by atoms with van der Waals surface area (Å²) in [6.45, 7) is 10.9. The Morgan fingerprint density at radius 1 is 1.00 bits per heavy atom. The zero-order valence-corrected chi connectivity index (χ0v) is 10.4. The summed E-state index contributed by atoms with van der Waals surface area (Å²) in [7, 11) is 0. The third-order valence-corrected chi connectivity index (χ3v) is 2.59. The Morgan fingerprint density at radius 2 is 1.53 bits per heavy atom. The van der Waals surface area contributed by atoms with Gasteiger partial charge >= 0.3 is 0 Å². The van der Waals surface area contributed by atoms with Gasteiger partial charge in [-0.05, 0) is 23.3 Å². The highest BCUT2D eigenvalue weighted by molar-refractivity contribution is 5.37. The van der Waals surface area contributed by atoms with Gasteiger partial charge in [0.15, 0.2) is 5.75 Å². The van der Waals surface area contributed by atoms with Crippen molar-refractivity contribution in [1.29, 1.82) is 0 Å². The van der Waals surface area contributed by atoms with Crippen LogP contribution in [0.4, 0.5) is 0 Å². The average molecular weight is 205 g/mol. The summed E-state index contributed by atoms with van der Waals surface area (Å²) in [4.78, 5) is 0. The van der Waals surface area contributed by atoms with Crippen LogP contribution >= 0.6 is 0 Å². The molecule has 1 aromatic rings. The van der Waals surface area contributed by atoms with Gasteiger partial charge in [0.05, 0.1) is 0 Å². The minimum Gasteiger partial charge on any atom is -0.290 e. The van der Waals surface area contributed by atoms with E-state index in [0.29, 0.717) is 0 Å². The van der Waals surface area contributed by atoms with Crippen molar-refractivity contribution in [3.63, 3.8) is 0 Å². The zero-order chi connectivity index (χ0) is 11.7. The van der Waals surface area contributed by atoms with Crippen LogP contribution in [0.15, 0.2) is 24.3 Å². The van der Waals surface area contributed by atoms with E-state index in [1.807, 2.05) is 12.1 Å². The predicted octanol–water partition coefficient (Wildman–Crippen LogP) is 4.54. The summed E-state index contributed by atoms with van der Waals surface area (Å²) >= 11 is 0. The minimum absolute atomic E-state index is 0.0450. The summed E-state index contributed by atoms with van der Waals surface area (Å²) < 4.78 is 0. The van der Waals surface area contributed by atoms with E-state index in [9.17, 15) is 5.11 Å². The maximum atomic E-state index is 11.8. The topological polar surface area (TPSA) is 19.9 Å². The molecule has 83 valence electrons. The highest BCUT2D eigenvalue weighted by Gasteiger charge is 2.29. The van der Waals surface area contributed by atoms with Crippen molar-refractivity contribution in [1.82, 2.24) is 0 Å². The first-order chi connectivity index (χ1) is 6.72. The molecule has 0 aliphatic carbocycles. The summed E-state index contributed by atoms with van der Waals surface area (Å²) in [6, 6.07) is 7.36. The van der Waals surface area contributed by atoms with E-state index in [1.54, 1.807) is 12.1 Å². The third-order valence-electron chi connectivity index (χ3n) is 2.59. The van der Waals surface area contributed by atoms with E-state index in [2.05, 4.69) is 34.6 Å². The Labute approximate surface area is 93.1 Å². The number of benzene rings is 1. The lowest BCUT2D eigenvalue weighted by atomic mass is 9.72. The number of rotatable bonds is 2. The van der Waals surface area contributed by atoms with E-state index in [-0.39, 0.29) is 16.6 Å². The van der Waals surface area contributed by atoms with Gasteiger partial charge in [-0.3, -0.25) is 5.11 Å². The molecule has 0 amide bonds. The molecule has 1 nitrogen and oxygen atoms in total. The van der Waals surface area contributed by atoms with E-state index in [0.717, 1.165) is 12.0 Å². The second-order valence-electron chi connectivity index (χ2n) is 6.12. The Morgan fingerprint density at radius 3 is 2.00 bits per heavy atom. The molecule has 1 radical (unpaired) electrons. The Balaban J connectivity index is 3.01. The molecule has 0 N–H and O–H groups in total. The van der Waals surface area contributed by atoms with Gasteiger partial charge in [-0.1, -0.05) is 52.8 Å². The lowest BCUT2D eigenvalue weighted by molar-refractivity contribution is 0.270. The maximum absolute atomic E-state index is 11.8. The van der Waals surface area contributed by atoms with E-state index in [1.165, 1.54) is 0 Å². The van der Waals surface area contributed by atoms with Crippen molar-refractivity contribution in [2.45, 2.75) is 46.5 Å². The highest BCUT2D eigenvalue weighted by Crippen LogP contribution is 2.39. The monoisotopic (exact) mass is 205 g/mol. The van der Waals surface area contributed by atoms with Crippen molar-refractivity contribution in [3.8, 4) is 5.75 Å². The second kappa shape index (κ2) is 3.88. The Hall–Kier alpha value is -0.980. The van der Waals surface area contributed by atoms with Gasteiger partial charge in [0.2, 0.25) is 0 Å². The zero-order valence-electron chi connectivity index (χ0n) is 10.4. The summed E-state index contributed by atoms with van der Waals surface area (Å²) in [5, 5.41) is 11.8. The highest BCUT2D eigenvalue weighted by atomic mass is 16.3.